The molecule has 2 atom stereocenters. The SMILES string of the molecule is C=C(CC1(c2ccc(F)cc2)CC1)[C@H]1C(=O)N(c2ccc(F)cc2)[C@@H]1c1ccc(OCc2ccccc2)cc1. The Bertz CT molecular complexity index is 1480. The molecular formula is C34H29F2NO2. The van der Waals surface area contributed by atoms with Crippen molar-refractivity contribution in [2.45, 2.75) is 37.3 Å². The van der Waals surface area contributed by atoms with Gasteiger partial charge >= 0.3 is 0 Å². The largest absolute Gasteiger partial charge is 0.489 e. The number of β-lactam (4-membered cyclic amide) rings is 1. The lowest BCUT2D eigenvalue weighted by molar-refractivity contribution is -0.128. The molecule has 1 aliphatic carbocycles. The molecule has 1 saturated carbocycles. The van der Waals surface area contributed by atoms with Crippen LogP contribution in [0.25, 0.3) is 0 Å². The van der Waals surface area contributed by atoms with Gasteiger partial charge in [0, 0.05) is 5.69 Å². The molecule has 4 aromatic carbocycles. The molecule has 0 aromatic heterocycles. The van der Waals surface area contributed by atoms with Gasteiger partial charge in [0.25, 0.3) is 0 Å². The Morgan fingerprint density at radius 3 is 2.08 bits per heavy atom. The molecule has 2 aliphatic rings. The predicted octanol–water partition coefficient (Wildman–Crippen LogP) is 7.93. The first-order valence-electron chi connectivity index (χ1n) is 13.2. The van der Waals surface area contributed by atoms with Crippen LogP contribution in [-0.2, 0) is 16.8 Å². The van der Waals surface area contributed by atoms with Gasteiger partial charge in [-0.15, -0.1) is 0 Å². The van der Waals surface area contributed by atoms with E-state index < -0.39 is 5.92 Å². The predicted molar refractivity (Wildman–Crippen MR) is 148 cm³/mol. The van der Waals surface area contributed by atoms with E-state index in [0.717, 1.165) is 40.9 Å². The number of rotatable bonds is 9. The minimum atomic E-state index is -0.399. The number of carbonyl (C=O) groups is 1. The number of halogens is 2. The van der Waals surface area contributed by atoms with Crippen molar-refractivity contribution in [2.75, 3.05) is 4.90 Å². The van der Waals surface area contributed by atoms with Crippen molar-refractivity contribution in [3.8, 4) is 5.75 Å². The van der Waals surface area contributed by atoms with Crippen molar-refractivity contribution in [2.24, 2.45) is 5.92 Å². The third-order valence-electron chi connectivity index (χ3n) is 7.99. The topological polar surface area (TPSA) is 29.5 Å². The average molecular weight is 522 g/mol. The number of ether oxygens (including phenoxy) is 1. The third-order valence-corrected chi connectivity index (χ3v) is 7.99. The molecule has 1 heterocycles. The zero-order chi connectivity index (χ0) is 27.0. The van der Waals surface area contributed by atoms with Crippen LogP contribution in [0.2, 0.25) is 0 Å². The summed E-state index contributed by atoms with van der Waals surface area (Å²) in [6.45, 7) is 4.85. The summed E-state index contributed by atoms with van der Waals surface area (Å²) in [5.74, 6) is -0.307. The van der Waals surface area contributed by atoms with Gasteiger partial charge in [-0.1, -0.05) is 66.7 Å². The maximum Gasteiger partial charge on any atom is 0.237 e. The van der Waals surface area contributed by atoms with E-state index in [-0.39, 0.29) is 29.0 Å². The van der Waals surface area contributed by atoms with Crippen LogP contribution in [0.4, 0.5) is 14.5 Å². The molecule has 0 spiro atoms. The van der Waals surface area contributed by atoms with E-state index in [4.69, 9.17) is 4.74 Å². The summed E-state index contributed by atoms with van der Waals surface area (Å²) in [4.78, 5) is 15.3. The van der Waals surface area contributed by atoms with Crippen molar-refractivity contribution in [1.82, 2.24) is 0 Å². The standard InChI is InChI=1S/C34H29F2NO2/c1-23(21-34(19-20-34)26-9-11-27(35)12-10-26)31-32(37(33(31)38)29-15-13-28(36)14-16-29)25-7-17-30(18-8-25)39-22-24-5-3-2-4-6-24/h2-18,31-32H,1,19-22H2/t31-,32-/m1/s1. The monoisotopic (exact) mass is 521 g/mol. The summed E-state index contributed by atoms with van der Waals surface area (Å²) in [5, 5.41) is 0. The van der Waals surface area contributed by atoms with Crippen LogP contribution in [0.5, 0.6) is 5.75 Å². The minimum absolute atomic E-state index is 0.0454. The molecule has 1 saturated heterocycles. The fraction of sp³-hybridized carbons (Fsp3) is 0.206. The summed E-state index contributed by atoms with van der Waals surface area (Å²) < 4.78 is 33.2. The van der Waals surface area contributed by atoms with E-state index in [1.807, 2.05) is 66.7 Å². The van der Waals surface area contributed by atoms with Crippen molar-refractivity contribution >= 4 is 11.6 Å². The molecule has 1 aliphatic heterocycles. The van der Waals surface area contributed by atoms with Gasteiger partial charge in [0.05, 0.1) is 12.0 Å². The maximum absolute atomic E-state index is 13.7. The van der Waals surface area contributed by atoms with Crippen LogP contribution in [0, 0.1) is 17.6 Å². The second-order valence-corrected chi connectivity index (χ2v) is 10.6. The second-order valence-electron chi connectivity index (χ2n) is 10.6. The first-order valence-corrected chi connectivity index (χ1v) is 13.2. The van der Waals surface area contributed by atoms with E-state index in [0.29, 0.717) is 18.7 Å². The van der Waals surface area contributed by atoms with Crippen molar-refractivity contribution in [1.29, 1.82) is 0 Å². The minimum Gasteiger partial charge on any atom is -0.489 e. The normalized spacial score (nSPS) is 19.3. The van der Waals surface area contributed by atoms with Crippen LogP contribution in [0.15, 0.2) is 115 Å². The van der Waals surface area contributed by atoms with Gasteiger partial charge < -0.3 is 9.64 Å². The molecule has 1 amide bonds. The summed E-state index contributed by atoms with van der Waals surface area (Å²) in [6.07, 6.45) is 2.64. The Morgan fingerprint density at radius 1 is 0.846 bits per heavy atom. The number of benzene rings is 4. The molecular weight excluding hydrogens is 492 g/mol. The third kappa shape index (κ3) is 4.97. The number of anilines is 1. The Kier molecular flexibility index (Phi) is 6.51. The number of carbonyl (C=O) groups excluding carboxylic acids is 1. The molecule has 0 N–H and O–H groups in total. The van der Waals surface area contributed by atoms with Gasteiger partial charge in [-0.3, -0.25) is 4.79 Å². The van der Waals surface area contributed by atoms with Gasteiger partial charge in [-0.2, -0.15) is 0 Å². The Hall–Kier alpha value is -4.25. The molecule has 6 rings (SSSR count). The fourth-order valence-corrected chi connectivity index (χ4v) is 5.69. The van der Waals surface area contributed by atoms with E-state index >= 15 is 0 Å². The molecule has 0 unspecified atom stereocenters. The highest BCUT2D eigenvalue weighted by atomic mass is 19.1. The summed E-state index contributed by atoms with van der Waals surface area (Å²) in [6, 6.07) is 30.2. The highest BCUT2D eigenvalue weighted by molar-refractivity contribution is 6.05. The Labute approximate surface area is 227 Å². The Balaban J connectivity index is 1.24. The smallest absolute Gasteiger partial charge is 0.237 e. The second kappa shape index (κ2) is 10.1. The van der Waals surface area contributed by atoms with E-state index in [9.17, 15) is 13.6 Å². The number of hydrogen-bond acceptors (Lipinski definition) is 2. The van der Waals surface area contributed by atoms with Gasteiger partial charge in [0.15, 0.2) is 0 Å². The van der Waals surface area contributed by atoms with Gasteiger partial charge in [-0.25, -0.2) is 8.78 Å². The molecule has 0 radical (unpaired) electrons. The molecule has 196 valence electrons. The maximum atomic E-state index is 13.7. The van der Waals surface area contributed by atoms with Crippen LogP contribution in [0.1, 0.15) is 42.0 Å². The van der Waals surface area contributed by atoms with Crippen LogP contribution in [-0.4, -0.2) is 5.91 Å². The summed E-state index contributed by atoms with van der Waals surface area (Å²) >= 11 is 0. The molecule has 3 nitrogen and oxygen atoms in total. The zero-order valence-corrected chi connectivity index (χ0v) is 21.5. The average Bonchev–Trinajstić information content (AvgIpc) is 3.73. The number of hydrogen-bond donors (Lipinski definition) is 0. The summed E-state index contributed by atoms with van der Waals surface area (Å²) in [7, 11) is 0. The highest BCUT2D eigenvalue weighted by Crippen LogP contribution is 2.56. The van der Waals surface area contributed by atoms with Crippen molar-refractivity contribution in [3.05, 3.63) is 144 Å². The Morgan fingerprint density at radius 2 is 1.46 bits per heavy atom. The summed E-state index contributed by atoms with van der Waals surface area (Å²) in [5.41, 5.74) is 4.56. The van der Waals surface area contributed by atoms with Gasteiger partial charge in [0.1, 0.15) is 24.0 Å². The van der Waals surface area contributed by atoms with Crippen molar-refractivity contribution < 1.29 is 18.3 Å². The number of nitrogens with zero attached hydrogens (tertiary/aromatic N) is 1. The van der Waals surface area contributed by atoms with Gasteiger partial charge in [-0.05, 0) is 89.9 Å². The lowest BCUT2D eigenvalue weighted by atomic mass is 9.73. The molecule has 0 bridgehead atoms. The highest BCUT2D eigenvalue weighted by Gasteiger charge is 2.53. The van der Waals surface area contributed by atoms with Crippen LogP contribution < -0.4 is 9.64 Å². The first kappa shape index (κ1) is 25.1. The van der Waals surface area contributed by atoms with Crippen LogP contribution in [0.3, 0.4) is 0 Å². The van der Waals surface area contributed by atoms with E-state index in [2.05, 4.69) is 6.58 Å². The van der Waals surface area contributed by atoms with Crippen molar-refractivity contribution in [3.63, 3.8) is 0 Å². The molecule has 4 aromatic rings. The first-order chi connectivity index (χ1) is 18.9. The van der Waals surface area contributed by atoms with Gasteiger partial charge in [0.2, 0.25) is 5.91 Å². The lowest BCUT2D eigenvalue weighted by Gasteiger charge is -2.48. The van der Waals surface area contributed by atoms with E-state index in [1.54, 1.807) is 17.0 Å². The molecule has 39 heavy (non-hydrogen) atoms. The van der Waals surface area contributed by atoms with Crippen LogP contribution >= 0.6 is 0 Å². The van der Waals surface area contributed by atoms with E-state index in [1.165, 1.54) is 24.3 Å². The quantitative estimate of drug-likeness (QED) is 0.165. The fourth-order valence-electron chi connectivity index (χ4n) is 5.69. The number of amides is 1. The lowest BCUT2D eigenvalue weighted by Crippen LogP contribution is -2.56. The zero-order valence-electron chi connectivity index (χ0n) is 21.5. The molecule has 5 heteroatoms. The molecule has 2 fully saturated rings.